The molecule has 0 spiro atoms. The van der Waals surface area contributed by atoms with Gasteiger partial charge in [0.05, 0.1) is 74.0 Å². The SMILES string of the molecule is CSCC(C)C(=O)OCCOC(=O)CCNCCN(CCC(=O)OCCOC(=O)C(C)CSC)CCN(CCC(=O)OCCOC(=O)C(C)CSC)CCN(CCC(=O)OCCOC(=O)C(C)CSC)CCN(CCC(=O)OCCOC(=O)C(C)CSC)CCC(=O)OCCOC(=O)C(C)CSC. The minimum Gasteiger partial charge on any atom is -0.462 e. The Kier molecular flexibility index (Phi) is 61.9. The molecule has 0 saturated heterocycles. The first-order valence-corrected chi connectivity index (χ1v) is 43.2. The number of carbonyl (C=O) groups is 12. The summed E-state index contributed by atoms with van der Waals surface area (Å²) in [4.78, 5) is 161. The van der Waals surface area contributed by atoms with Gasteiger partial charge in [-0.25, -0.2) is 0 Å². The molecule has 596 valence electrons. The van der Waals surface area contributed by atoms with Crippen LogP contribution in [-0.2, 0) is 114 Å². The zero-order valence-corrected chi connectivity index (χ0v) is 67.8. The van der Waals surface area contributed by atoms with Gasteiger partial charge in [0.1, 0.15) is 79.3 Å². The van der Waals surface area contributed by atoms with Gasteiger partial charge in [-0.2, -0.15) is 70.6 Å². The number of nitrogens with zero attached hydrogens (tertiary/aromatic N) is 4. The number of rotatable bonds is 66. The largest absolute Gasteiger partial charge is 0.462 e. The number of carbonyl (C=O) groups excluding carboxylic acids is 12. The van der Waals surface area contributed by atoms with Crippen molar-refractivity contribution in [1.82, 2.24) is 24.9 Å². The number of thioether (sulfide) groups is 6. The van der Waals surface area contributed by atoms with E-state index in [2.05, 4.69) is 5.32 Å². The minimum atomic E-state index is -0.584. The molecule has 0 radical (unpaired) electrons. The smallest absolute Gasteiger partial charge is 0.309 e. The Morgan fingerprint density at radius 3 is 0.592 bits per heavy atom. The molecular formula is C68H119N5O24S6. The second-order valence-corrected chi connectivity index (χ2v) is 29.5. The Balaban J connectivity index is 7.03. The fourth-order valence-corrected chi connectivity index (χ4v) is 12.8. The lowest BCUT2D eigenvalue weighted by Crippen LogP contribution is -2.44. The average molecular weight is 1580 g/mol. The highest BCUT2D eigenvalue weighted by molar-refractivity contribution is 7.99. The number of hydrogen-bond donors (Lipinski definition) is 1. The number of hydrogen-bond acceptors (Lipinski definition) is 35. The van der Waals surface area contributed by atoms with Crippen LogP contribution in [0.5, 0.6) is 0 Å². The molecule has 0 aliphatic rings. The van der Waals surface area contributed by atoms with Gasteiger partial charge in [0.2, 0.25) is 0 Å². The predicted octanol–water partition coefficient (Wildman–Crippen LogP) is 4.64. The van der Waals surface area contributed by atoms with Gasteiger partial charge in [-0.3, -0.25) is 57.5 Å². The molecule has 6 unspecified atom stereocenters. The van der Waals surface area contributed by atoms with E-state index in [9.17, 15) is 57.5 Å². The third-order valence-corrected chi connectivity index (χ3v) is 19.9. The van der Waals surface area contributed by atoms with E-state index in [0.29, 0.717) is 60.7 Å². The molecule has 0 aliphatic heterocycles. The highest BCUT2D eigenvalue weighted by Crippen LogP contribution is 2.13. The Bertz CT molecular complexity index is 2370. The summed E-state index contributed by atoms with van der Waals surface area (Å²) in [5.41, 5.74) is 0. The molecule has 0 amide bonds. The van der Waals surface area contributed by atoms with Crippen LogP contribution in [0.4, 0.5) is 0 Å². The van der Waals surface area contributed by atoms with Crippen molar-refractivity contribution in [2.24, 2.45) is 35.5 Å². The van der Waals surface area contributed by atoms with Crippen LogP contribution in [0.25, 0.3) is 0 Å². The lowest BCUT2D eigenvalue weighted by molar-refractivity contribution is -0.154. The van der Waals surface area contributed by atoms with Crippen molar-refractivity contribution in [3.05, 3.63) is 0 Å². The molecule has 103 heavy (non-hydrogen) atoms. The van der Waals surface area contributed by atoms with Gasteiger partial charge in [0, 0.05) is 126 Å². The molecule has 6 atom stereocenters. The normalized spacial score (nSPS) is 13.0. The molecule has 0 aromatic heterocycles. The van der Waals surface area contributed by atoms with Crippen LogP contribution in [0.2, 0.25) is 0 Å². The first-order chi connectivity index (χ1) is 49.3. The lowest BCUT2D eigenvalue weighted by Gasteiger charge is -2.31. The highest BCUT2D eigenvalue weighted by Gasteiger charge is 2.23. The summed E-state index contributed by atoms with van der Waals surface area (Å²) in [6.07, 6.45) is 10.8. The van der Waals surface area contributed by atoms with Crippen LogP contribution in [0.1, 0.15) is 80.1 Å². The third kappa shape index (κ3) is 54.7. The molecule has 0 fully saturated rings. The molecule has 1 N–H and O–H groups in total. The van der Waals surface area contributed by atoms with E-state index in [1.165, 1.54) is 70.6 Å². The predicted molar refractivity (Wildman–Crippen MR) is 403 cm³/mol. The van der Waals surface area contributed by atoms with E-state index in [4.69, 9.17) is 56.8 Å². The Labute approximate surface area is 636 Å². The highest BCUT2D eigenvalue weighted by atomic mass is 32.2. The molecule has 0 bridgehead atoms. The summed E-state index contributed by atoms with van der Waals surface area (Å²) in [5, 5.41) is 3.24. The van der Waals surface area contributed by atoms with Crippen LogP contribution in [0.15, 0.2) is 0 Å². The van der Waals surface area contributed by atoms with Crippen molar-refractivity contribution < 1.29 is 114 Å². The van der Waals surface area contributed by atoms with Gasteiger partial charge >= 0.3 is 71.6 Å². The zero-order chi connectivity index (χ0) is 77.0. The second kappa shape index (κ2) is 64.7. The van der Waals surface area contributed by atoms with Gasteiger partial charge < -0.3 is 81.8 Å². The van der Waals surface area contributed by atoms with Crippen LogP contribution >= 0.6 is 70.6 Å². The minimum absolute atomic E-state index is 0.0158. The van der Waals surface area contributed by atoms with Crippen LogP contribution in [0, 0.1) is 35.5 Å². The van der Waals surface area contributed by atoms with Crippen molar-refractivity contribution in [3.8, 4) is 0 Å². The Hall–Kier alpha value is -4.46. The standard InChI is InChI=1S/C68H119N5O24S6/c1-51(45-98-7)63(80)92-39-33-86-57(74)13-19-69-20-26-71(23-16-60(77)89-36-42-95-66(83)54(4)48-101-10)28-30-73(25-18-62(79)91-38-44-97-68(85)56(6)50-103-12)32-31-72(24-17-61(78)90-37-43-96-67(84)55(5)49-102-11)29-27-70(21-14-58(75)87-34-40-93-64(81)52(2)46-99-8)22-15-59(76)88-35-41-94-65(82)53(3)47-100-9/h51-56,69H,13-50H2,1-12H3. The molecule has 0 rings (SSSR count). The van der Waals surface area contributed by atoms with Crippen LogP contribution in [-0.4, -0.2) is 334 Å². The summed E-state index contributed by atoms with van der Waals surface area (Å²) in [6.45, 7) is 12.2. The van der Waals surface area contributed by atoms with Crippen LogP contribution in [0.3, 0.4) is 0 Å². The van der Waals surface area contributed by atoms with E-state index in [1.807, 2.05) is 57.1 Å². The van der Waals surface area contributed by atoms with Gasteiger partial charge in [0.25, 0.3) is 0 Å². The molecule has 0 saturated carbocycles. The van der Waals surface area contributed by atoms with Crippen molar-refractivity contribution >= 4 is 142 Å². The molecule has 0 aliphatic carbocycles. The van der Waals surface area contributed by atoms with Gasteiger partial charge in [-0.15, -0.1) is 0 Å². The maximum Gasteiger partial charge on any atom is 0.309 e. The Morgan fingerprint density at radius 1 is 0.233 bits per heavy atom. The molecule has 35 heteroatoms. The summed E-state index contributed by atoms with van der Waals surface area (Å²) < 4.78 is 64.4. The fraction of sp³-hybridized carbons (Fsp3) is 0.824. The van der Waals surface area contributed by atoms with E-state index >= 15 is 0 Å². The number of esters is 12. The number of nitrogens with one attached hydrogen (secondary N) is 1. The van der Waals surface area contributed by atoms with Crippen molar-refractivity contribution in [2.45, 2.75) is 80.1 Å². The van der Waals surface area contributed by atoms with Crippen molar-refractivity contribution in [3.63, 3.8) is 0 Å². The second-order valence-electron chi connectivity index (χ2n) is 24.1. The summed E-state index contributed by atoms with van der Waals surface area (Å²) >= 11 is 9.03. The van der Waals surface area contributed by atoms with E-state index in [1.54, 1.807) is 41.5 Å². The van der Waals surface area contributed by atoms with E-state index < -0.39 is 65.7 Å². The van der Waals surface area contributed by atoms with Crippen LogP contribution < -0.4 is 5.32 Å². The molecule has 0 aromatic carbocycles. The lowest BCUT2D eigenvalue weighted by atomic mass is 10.2. The third-order valence-electron chi connectivity index (χ3n) is 14.9. The van der Waals surface area contributed by atoms with Gasteiger partial charge in [-0.1, -0.05) is 41.5 Å². The summed E-state index contributed by atoms with van der Waals surface area (Å²) in [7, 11) is 0. The van der Waals surface area contributed by atoms with E-state index in [-0.39, 0.29) is 225 Å². The first kappa shape index (κ1) is 98.5. The zero-order valence-electron chi connectivity index (χ0n) is 62.9. The quantitative estimate of drug-likeness (QED) is 0.0492. The summed E-state index contributed by atoms with van der Waals surface area (Å²) in [5.74, 6) is -4.40. The molecule has 29 nitrogen and oxygen atoms in total. The first-order valence-electron chi connectivity index (χ1n) is 34.8. The maximum atomic E-state index is 13.4. The van der Waals surface area contributed by atoms with Crippen molar-refractivity contribution in [2.75, 3.05) is 243 Å². The fourth-order valence-electron chi connectivity index (χ4n) is 8.97. The molecular weight excluding hydrogens is 1460 g/mol. The Morgan fingerprint density at radius 2 is 0.398 bits per heavy atom. The average Bonchev–Trinajstić information content (AvgIpc) is 1.01. The molecule has 0 heterocycles. The number of ether oxygens (including phenoxy) is 12. The van der Waals surface area contributed by atoms with E-state index in [0.717, 1.165) is 0 Å². The topological polar surface area (TPSA) is 341 Å². The van der Waals surface area contributed by atoms with Crippen molar-refractivity contribution in [1.29, 1.82) is 0 Å². The van der Waals surface area contributed by atoms with Gasteiger partial charge in [0.15, 0.2) is 0 Å². The summed E-state index contributed by atoms with van der Waals surface area (Å²) in [6, 6.07) is 0. The molecule has 0 aromatic rings. The van der Waals surface area contributed by atoms with Gasteiger partial charge in [-0.05, 0) is 37.5 Å². The monoisotopic (exact) mass is 1580 g/mol. The maximum absolute atomic E-state index is 13.4.